The Bertz CT molecular complexity index is 992. The van der Waals surface area contributed by atoms with Gasteiger partial charge in [0.15, 0.2) is 9.84 Å². The lowest BCUT2D eigenvalue weighted by atomic mass is 10.1. The number of nitrogens with zero attached hydrogens (tertiary/aromatic N) is 4. The summed E-state index contributed by atoms with van der Waals surface area (Å²) in [6.45, 7) is 3.70. The fourth-order valence-electron chi connectivity index (χ4n) is 4.48. The van der Waals surface area contributed by atoms with Gasteiger partial charge in [-0.15, -0.1) is 0 Å². The summed E-state index contributed by atoms with van der Waals surface area (Å²) in [5.74, 6) is 0.474. The first-order valence-corrected chi connectivity index (χ1v) is 12.9. The molecule has 2 fully saturated rings. The molecular formula is C22H30N4O5S. The zero-order chi connectivity index (χ0) is 22.7. The number of ether oxygens (including phenoxy) is 1. The predicted molar refractivity (Wildman–Crippen MR) is 120 cm³/mol. The minimum absolute atomic E-state index is 0.0659. The normalized spacial score (nSPS) is 24.2. The van der Waals surface area contributed by atoms with Crippen LogP contribution in [-0.2, 0) is 26.0 Å². The second-order valence-corrected chi connectivity index (χ2v) is 10.8. The van der Waals surface area contributed by atoms with Crippen molar-refractivity contribution in [2.24, 2.45) is 5.10 Å². The highest BCUT2D eigenvalue weighted by molar-refractivity contribution is 7.91. The third-order valence-corrected chi connectivity index (χ3v) is 8.05. The lowest BCUT2D eigenvalue weighted by Gasteiger charge is -2.29. The standard InChI is InChI=1S/C22H30N4O5S/c1-31-19-5-3-17(4-6-19)15-24-10-2-11-25(13-12-24)22(28)20-7-8-21(27)26(23-20)18-9-14-32(29,30)16-18/h3-6,18H,2,7-16H2,1H3. The van der Waals surface area contributed by atoms with E-state index in [0.29, 0.717) is 31.6 Å². The molecule has 0 spiro atoms. The minimum atomic E-state index is -3.14. The van der Waals surface area contributed by atoms with E-state index in [1.54, 1.807) is 7.11 Å². The number of hydrogen-bond donors (Lipinski definition) is 0. The Morgan fingerprint density at radius 1 is 1.12 bits per heavy atom. The van der Waals surface area contributed by atoms with Crippen molar-refractivity contribution >= 4 is 27.4 Å². The molecule has 2 amide bonds. The Hall–Kier alpha value is -2.46. The summed E-state index contributed by atoms with van der Waals surface area (Å²) in [4.78, 5) is 29.6. The van der Waals surface area contributed by atoms with E-state index in [9.17, 15) is 18.0 Å². The average molecular weight is 463 g/mol. The molecule has 0 bridgehead atoms. The van der Waals surface area contributed by atoms with Crippen molar-refractivity contribution in [1.82, 2.24) is 14.8 Å². The van der Waals surface area contributed by atoms with Crippen LogP contribution in [0.3, 0.4) is 0 Å². The van der Waals surface area contributed by atoms with Gasteiger partial charge in [-0.1, -0.05) is 12.1 Å². The van der Waals surface area contributed by atoms with Gasteiger partial charge in [-0.2, -0.15) is 5.10 Å². The number of hydrogen-bond acceptors (Lipinski definition) is 7. The molecule has 3 aliphatic heterocycles. The van der Waals surface area contributed by atoms with Crippen LogP contribution in [0, 0.1) is 0 Å². The van der Waals surface area contributed by atoms with Gasteiger partial charge in [0.1, 0.15) is 11.5 Å². The number of sulfone groups is 1. The summed E-state index contributed by atoms with van der Waals surface area (Å²) in [7, 11) is -1.49. The van der Waals surface area contributed by atoms with Crippen molar-refractivity contribution in [3.8, 4) is 5.75 Å². The highest BCUT2D eigenvalue weighted by Crippen LogP contribution is 2.23. The average Bonchev–Trinajstić information content (AvgIpc) is 2.99. The SMILES string of the molecule is COc1ccc(CN2CCCN(C(=O)C3=NN(C4CCS(=O)(=O)C4)C(=O)CC3)CC2)cc1. The van der Waals surface area contributed by atoms with Gasteiger partial charge in [-0.25, -0.2) is 13.4 Å². The molecule has 0 radical (unpaired) electrons. The molecule has 0 saturated carbocycles. The summed E-state index contributed by atoms with van der Waals surface area (Å²) in [6, 6.07) is 7.55. The predicted octanol–water partition coefficient (Wildman–Crippen LogP) is 0.895. The van der Waals surface area contributed by atoms with E-state index in [-0.39, 0.29) is 29.7 Å². The number of hydrazone groups is 1. The molecule has 0 aliphatic carbocycles. The minimum Gasteiger partial charge on any atom is -0.497 e. The maximum absolute atomic E-state index is 13.1. The Morgan fingerprint density at radius 3 is 2.59 bits per heavy atom. The largest absolute Gasteiger partial charge is 0.497 e. The van der Waals surface area contributed by atoms with Crippen LogP contribution < -0.4 is 4.74 Å². The molecule has 32 heavy (non-hydrogen) atoms. The third kappa shape index (κ3) is 5.29. The molecule has 10 heteroatoms. The molecule has 3 aliphatic rings. The van der Waals surface area contributed by atoms with E-state index in [2.05, 4.69) is 22.1 Å². The van der Waals surface area contributed by atoms with Gasteiger partial charge >= 0.3 is 0 Å². The molecule has 1 aromatic carbocycles. The summed E-state index contributed by atoms with van der Waals surface area (Å²) in [6.07, 6.45) is 1.74. The summed E-state index contributed by atoms with van der Waals surface area (Å²) >= 11 is 0. The van der Waals surface area contributed by atoms with Gasteiger partial charge in [0.05, 0.1) is 24.7 Å². The van der Waals surface area contributed by atoms with Crippen molar-refractivity contribution in [2.75, 3.05) is 44.8 Å². The topological polar surface area (TPSA) is 99.6 Å². The first-order valence-electron chi connectivity index (χ1n) is 11.1. The van der Waals surface area contributed by atoms with Crippen LogP contribution >= 0.6 is 0 Å². The Kier molecular flexibility index (Phi) is 6.80. The number of benzene rings is 1. The number of methoxy groups -OCH3 is 1. The van der Waals surface area contributed by atoms with E-state index in [0.717, 1.165) is 31.8 Å². The summed E-state index contributed by atoms with van der Waals surface area (Å²) in [5, 5.41) is 5.60. The van der Waals surface area contributed by atoms with Crippen molar-refractivity contribution in [2.45, 2.75) is 38.3 Å². The number of amides is 2. The van der Waals surface area contributed by atoms with E-state index in [1.165, 1.54) is 10.6 Å². The lowest BCUT2D eigenvalue weighted by molar-refractivity contribution is -0.134. The smallest absolute Gasteiger partial charge is 0.270 e. The summed E-state index contributed by atoms with van der Waals surface area (Å²) in [5.41, 5.74) is 1.56. The Balaban J connectivity index is 1.37. The van der Waals surface area contributed by atoms with E-state index < -0.39 is 15.9 Å². The second kappa shape index (κ2) is 9.58. The van der Waals surface area contributed by atoms with Gasteiger partial charge in [0.2, 0.25) is 5.91 Å². The van der Waals surface area contributed by atoms with Crippen LogP contribution in [0.5, 0.6) is 5.75 Å². The zero-order valence-corrected chi connectivity index (χ0v) is 19.2. The monoisotopic (exact) mass is 462 g/mol. The van der Waals surface area contributed by atoms with E-state index >= 15 is 0 Å². The molecule has 2 saturated heterocycles. The quantitative estimate of drug-likeness (QED) is 0.645. The van der Waals surface area contributed by atoms with Gasteiger partial charge in [0.25, 0.3) is 5.91 Å². The van der Waals surface area contributed by atoms with Gasteiger partial charge in [0, 0.05) is 45.6 Å². The van der Waals surface area contributed by atoms with E-state index in [4.69, 9.17) is 4.74 Å². The fraction of sp³-hybridized carbons (Fsp3) is 0.591. The van der Waals surface area contributed by atoms with Crippen LogP contribution in [0.25, 0.3) is 0 Å². The molecule has 0 aromatic heterocycles. The molecule has 1 unspecified atom stereocenters. The van der Waals surface area contributed by atoms with Crippen LogP contribution in [0.15, 0.2) is 29.4 Å². The first-order chi connectivity index (χ1) is 15.3. The number of carbonyl (C=O) groups is 2. The number of carbonyl (C=O) groups excluding carboxylic acids is 2. The maximum Gasteiger partial charge on any atom is 0.270 e. The lowest BCUT2D eigenvalue weighted by Crippen LogP contribution is -2.45. The first kappa shape index (κ1) is 22.7. The molecule has 3 heterocycles. The van der Waals surface area contributed by atoms with Crippen molar-refractivity contribution in [1.29, 1.82) is 0 Å². The molecule has 0 N–H and O–H groups in total. The van der Waals surface area contributed by atoms with Gasteiger partial charge in [-0.3, -0.25) is 14.5 Å². The van der Waals surface area contributed by atoms with Crippen molar-refractivity contribution in [3.63, 3.8) is 0 Å². The maximum atomic E-state index is 13.1. The van der Waals surface area contributed by atoms with E-state index in [1.807, 2.05) is 17.0 Å². The highest BCUT2D eigenvalue weighted by Gasteiger charge is 2.38. The summed E-state index contributed by atoms with van der Waals surface area (Å²) < 4.78 is 28.8. The van der Waals surface area contributed by atoms with Crippen molar-refractivity contribution in [3.05, 3.63) is 29.8 Å². The van der Waals surface area contributed by atoms with Gasteiger partial charge < -0.3 is 9.64 Å². The van der Waals surface area contributed by atoms with Crippen LogP contribution in [0.1, 0.15) is 31.2 Å². The molecule has 4 rings (SSSR count). The molecule has 1 atom stereocenters. The van der Waals surface area contributed by atoms with Crippen LogP contribution in [0.4, 0.5) is 0 Å². The Labute approximate surface area is 188 Å². The number of rotatable bonds is 5. The zero-order valence-electron chi connectivity index (χ0n) is 18.4. The second-order valence-electron chi connectivity index (χ2n) is 8.61. The highest BCUT2D eigenvalue weighted by atomic mass is 32.2. The Morgan fingerprint density at radius 2 is 1.91 bits per heavy atom. The molecule has 9 nitrogen and oxygen atoms in total. The fourth-order valence-corrected chi connectivity index (χ4v) is 6.17. The molecular weight excluding hydrogens is 432 g/mol. The van der Waals surface area contributed by atoms with Crippen LogP contribution in [-0.4, -0.2) is 91.6 Å². The molecule has 1 aromatic rings. The van der Waals surface area contributed by atoms with Crippen molar-refractivity contribution < 1.29 is 22.7 Å². The van der Waals surface area contributed by atoms with Gasteiger partial charge in [-0.05, 0) is 30.5 Å². The van der Waals surface area contributed by atoms with Crippen LogP contribution in [0.2, 0.25) is 0 Å². The molecule has 174 valence electrons. The third-order valence-electron chi connectivity index (χ3n) is 6.30.